The van der Waals surface area contributed by atoms with Crippen LogP contribution in [0, 0.1) is 11.2 Å². The molecule has 1 unspecified atom stereocenters. The molecule has 1 saturated heterocycles. The summed E-state index contributed by atoms with van der Waals surface area (Å²) in [5, 5.41) is 12.7. The summed E-state index contributed by atoms with van der Waals surface area (Å²) in [5.41, 5.74) is 0.420. The number of aliphatic hydroxyl groups excluding tert-OH is 1. The Labute approximate surface area is 106 Å². The van der Waals surface area contributed by atoms with Crippen LogP contribution < -0.4 is 10.1 Å². The van der Waals surface area contributed by atoms with Gasteiger partial charge in [0.1, 0.15) is 0 Å². The van der Waals surface area contributed by atoms with E-state index in [1.165, 1.54) is 13.2 Å². The van der Waals surface area contributed by atoms with Crippen LogP contribution in [0.3, 0.4) is 0 Å². The summed E-state index contributed by atoms with van der Waals surface area (Å²) in [6.07, 6.45) is 0. The monoisotopic (exact) mass is 255 g/mol. The molecule has 1 fully saturated rings. The number of methoxy groups -OCH3 is 1. The van der Waals surface area contributed by atoms with Gasteiger partial charge in [-0.25, -0.2) is 4.39 Å². The third kappa shape index (κ3) is 2.09. The summed E-state index contributed by atoms with van der Waals surface area (Å²) in [7, 11) is 3.23. The van der Waals surface area contributed by atoms with Crippen LogP contribution in [0.15, 0.2) is 18.2 Å². The molecule has 1 atom stereocenters. The van der Waals surface area contributed by atoms with Gasteiger partial charge in [-0.1, -0.05) is 6.07 Å². The van der Waals surface area contributed by atoms with E-state index in [1.54, 1.807) is 19.2 Å². The number of nitrogens with one attached hydrogen (secondary N) is 1. The van der Waals surface area contributed by atoms with Crippen LogP contribution in [0.2, 0.25) is 0 Å². The van der Waals surface area contributed by atoms with E-state index in [2.05, 4.69) is 5.32 Å². The second-order valence-electron chi connectivity index (χ2n) is 4.63. The molecule has 1 aromatic rings. The summed E-state index contributed by atoms with van der Waals surface area (Å²) < 4.78 is 23.8. The lowest BCUT2D eigenvalue weighted by atomic mass is 9.76. The molecule has 1 heterocycles. The largest absolute Gasteiger partial charge is 0.494 e. The van der Waals surface area contributed by atoms with Crippen molar-refractivity contribution in [3.05, 3.63) is 29.6 Å². The van der Waals surface area contributed by atoms with Crippen molar-refractivity contribution in [2.75, 3.05) is 34.0 Å². The van der Waals surface area contributed by atoms with Crippen LogP contribution in [0.25, 0.3) is 0 Å². The predicted molar refractivity (Wildman–Crippen MR) is 65.1 cm³/mol. The molecule has 0 amide bonds. The van der Waals surface area contributed by atoms with Gasteiger partial charge in [-0.15, -0.1) is 0 Å². The molecule has 2 rings (SSSR count). The Bertz CT molecular complexity index is 415. The third-order valence-electron chi connectivity index (χ3n) is 3.50. The van der Waals surface area contributed by atoms with Crippen molar-refractivity contribution >= 4 is 0 Å². The average molecular weight is 255 g/mol. The lowest BCUT2D eigenvalue weighted by Gasteiger charge is -2.46. The maximum Gasteiger partial charge on any atom is 0.165 e. The lowest BCUT2D eigenvalue weighted by molar-refractivity contribution is -0.155. The van der Waals surface area contributed by atoms with E-state index in [1.807, 2.05) is 0 Å². The van der Waals surface area contributed by atoms with Gasteiger partial charge < -0.3 is 19.9 Å². The van der Waals surface area contributed by atoms with E-state index in [0.29, 0.717) is 13.2 Å². The van der Waals surface area contributed by atoms with E-state index < -0.39 is 5.82 Å². The molecule has 1 aliphatic heterocycles. The van der Waals surface area contributed by atoms with Gasteiger partial charge in [-0.2, -0.15) is 0 Å². The zero-order valence-corrected chi connectivity index (χ0v) is 10.6. The summed E-state index contributed by atoms with van der Waals surface area (Å²) >= 11 is 0. The highest BCUT2D eigenvalue weighted by Gasteiger charge is 2.45. The van der Waals surface area contributed by atoms with Gasteiger partial charge in [0.05, 0.1) is 32.3 Å². The van der Waals surface area contributed by atoms with Crippen LogP contribution in [0.4, 0.5) is 4.39 Å². The number of aliphatic hydroxyl groups is 1. The summed E-state index contributed by atoms with van der Waals surface area (Å²) in [6, 6.07) is 4.70. The molecule has 5 heteroatoms. The maximum absolute atomic E-state index is 13.7. The van der Waals surface area contributed by atoms with Crippen molar-refractivity contribution in [3.63, 3.8) is 0 Å². The molecule has 0 radical (unpaired) electrons. The minimum absolute atomic E-state index is 0.00611. The fraction of sp³-hybridized carbons (Fsp3) is 0.538. The van der Waals surface area contributed by atoms with Gasteiger partial charge in [0.15, 0.2) is 11.6 Å². The zero-order valence-electron chi connectivity index (χ0n) is 10.6. The van der Waals surface area contributed by atoms with Gasteiger partial charge in [-0.05, 0) is 24.7 Å². The first-order valence-electron chi connectivity index (χ1n) is 5.86. The van der Waals surface area contributed by atoms with Crippen molar-refractivity contribution < 1.29 is 19.0 Å². The first-order valence-corrected chi connectivity index (χ1v) is 5.86. The van der Waals surface area contributed by atoms with Crippen LogP contribution in [0.5, 0.6) is 5.75 Å². The standard InChI is InChI=1S/C13H18FNO3/c1-15-12(13(6-16)7-18-8-13)9-3-4-11(17-2)10(14)5-9/h3-5,12,15-16H,6-8H2,1-2H3. The molecule has 4 nitrogen and oxygen atoms in total. The quantitative estimate of drug-likeness (QED) is 0.827. The normalized spacial score (nSPS) is 19.1. The molecule has 1 aliphatic rings. The molecule has 0 saturated carbocycles. The lowest BCUT2D eigenvalue weighted by Crippen LogP contribution is -2.53. The number of rotatable bonds is 5. The fourth-order valence-electron chi connectivity index (χ4n) is 2.40. The van der Waals surface area contributed by atoms with Crippen LogP contribution in [-0.2, 0) is 4.74 Å². The van der Waals surface area contributed by atoms with Gasteiger partial charge >= 0.3 is 0 Å². The Morgan fingerprint density at radius 2 is 2.28 bits per heavy atom. The van der Waals surface area contributed by atoms with Crippen molar-refractivity contribution in [1.29, 1.82) is 0 Å². The maximum atomic E-state index is 13.7. The first kappa shape index (κ1) is 13.3. The van der Waals surface area contributed by atoms with Crippen molar-refractivity contribution in [2.45, 2.75) is 6.04 Å². The second kappa shape index (κ2) is 5.22. The van der Waals surface area contributed by atoms with E-state index in [4.69, 9.17) is 9.47 Å². The molecular formula is C13H18FNO3. The SMILES string of the molecule is CNC(c1ccc(OC)c(F)c1)C1(CO)COC1. The minimum atomic E-state index is -0.399. The number of halogens is 1. The molecule has 0 aromatic heterocycles. The zero-order chi connectivity index (χ0) is 13.2. The molecule has 0 spiro atoms. The topological polar surface area (TPSA) is 50.7 Å². The Hall–Kier alpha value is -1.17. The predicted octanol–water partition coefficient (Wildman–Crippen LogP) is 1.10. The van der Waals surface area contributed by atoms with Crippen LogP contribution in [0.1, 0.15) is 11.6 Å². The van der Waals surface area contributed by atoms with E-state index in [-0.39, 0.29) is 23.8 Å². The minimum Gasteiger partial charge on any atom is -0.494 e. The number of hydrogen-bond acceptors (Lipinski definition) is 4. The number of hydrogen-bond donors (Lipinski definition) is 2. The molecule has 0 aliphatic carbocycles. The summed E-state index contributed by atoms with van der Waals surface area (Å²) in [5.74, 6) is -0.180. The van der Waals surface area contributed by atoms with Crippen molar-refractivity contribution in [3.8, 4) is 5.75 Å². The summed E-state index contributed by atoms with van der Waals surface area (Å²) in [4.78, 5) is 0. The molecule has 2 N–H and O–H groups in total. The first-order chi connectivity index (χ1) is 8.66. The summed E-state index contributed by atoms with van der Waals surface area (Å²) in [6.45, 7) is 0.956. The van der Waals surface area contributed by atoms with Crippen LogP contribution in [-0.4, -0.2) is 39.1 Å². The number of benzene rings is 1. The molecule has 100 valence electrons. The molecular weight excluding hydrogens is 237 g/mol. The highest BCUT2D eigenvalue weighted by Crippen LogP contribution is 2.40. The van der Waals surface area contributed by atoms with Gasteiger partial charge in [0.2, 0.25) is 0 Å². The van der Waals surface area contributed by atoms with Crippen molar-refractivity contribution in [1.82, 2.24) is 5.32 Å². The number of ether oxygens (including phenoxy) is 2. The second-order valence-corrected chi connectivity index (χ2v) is 4.63. The van der Waals surface area contributed by atoms with Gasteiger partial charge in [0.25, 0.3) is 0 Å². The highest BCUT2D eigenvalue weighted by atomic mass is 19.1. The highest BCUT2D eigenvalue weighted by molar-refractivity contribution is 5.32. The Morgan fingerprint density at radius 1 is 1.56 bits per heavy atom. The van der Waals surface area contributed by atoms with E-state index in [9.17, 15) is 9.50 Å². The van der Waals surface area contributed by atoms with Crippen molar-refractivity contribution in [2.24, 2.45) is 5.41 Å². The Morgan fingerprint density at radius 3 is 2.67 bits per heavy atom. The van der Waals surface area contributed by atoms with E-state index in [0.717, 1.165) is 5.56 Å². The third-order valence-corrected chi connectivity index (χ3v) is 3.50. The smallest absolute Gasteiger partial charge is 0.165 e. The fourth-order valence-corrected chi connectivity index (χ4v) is 2.40. The molecule has 1 aromatic carbocycles. The molecule has 18 heavy (non-hydrogen) atoms. The Balaban J connectivity index is 2.30. The average Bonchev–Trinajstić information content (AvgIpc) is 2.33. The van der Waals surface area contributed by atoms with Crippen LogP contribution >= 0.6 is 0 Å². The van der Waals surface area contributed by atoms with Gasteiger partial charge in [-0.3, -0.25) is 0 Å². The van der Waals surface area contributed by atoms with E-state index >= 15 is 0 Å². The molecule has 0 bridgehead atoms. The Kier molecular flexibility index (Phi) is 3.85. The van der Waals surface area contributed by atoms with Gasteiger partial charge in [0, 0.05) is 6.04 Å².